The van der Waals surface area contributed by atoms with Gasteiger partial charge in [0.05, 0.1) is 0 Å². The molecule has 0 fully saturated rings. The van der Waals surface area contributed by atoms with Crippen molar-refractivity contribution in [1.29, 1.82) is 0 Å². The summed E-state index contributed by atoms with van der Waals surface area (Å²) in [5.74, 6) is 1.44. The fraction of sp³-hybridized carbons (Fsp3) is 0.593. The summed E-state index contributed by atoms with van der Waals surface area (Å²) in [4.78, 5) is 29.0. The number of aromatic nitrogens is 2. The Morgan fingerprint density at radius 2 is 1.60 bits per heavy atom. The summed E-state index contributed by atoms with van der Waals surface area (Å²) in [5, 5.41) is 3.95. The molecule has 0 bridgehead atoms. The highest BCUT2D eigenvalue weighted by atomic mass is 32.2. The smallest absolute Gasteiger partial charge is 0.227 e. The third-order valence-electron chi connectivity index (χ3n) is 6.00. The Hall–Kier alpha value is -2.48. The molecule has 0 aliphatic rings. The molecule has 1 N–H and O–H groups in total. The van der Waals surface area contributed by atoms with Gasteiger partial charge < -0.3 is 20.0 Å². The van der Waals surface area contributed by atoms with Crippen LogP contribution < -0.4 is 20.0 Å². The number of para-hydroxylation sites is 1. The molecule has 0 spiro atoms. The van der Waals surface area contributed by atoms with Crippen molar-refractivity contribution in [2.45, 2.75) is 64.3 Å². The lowest BCUT2D eigenvalue weighted by Crippen LogP contribution is -2.28. The van der Waals surface area contributed by atoms with Gasteiger partial charge in [0.2, 0.25) is 11.9 Å². The van der Waals surface area contributed by atoms with Crippen LogP contribution in [0.25, 0.3) is 0 Å². The Morgan fingerprint density at radius 3 is 2.20 bits per heavy atom. The molecule has 7 nitrogen and oxygen atoms in total. The Balaban J connectivity index is 2.10. The van der Waals surface area contributed by atoms with Crippen LogP contribution >= 0.6 is 11.8 Å². The number of nitrogens with one attached hydrogen (secondary N) is 1. The van der Waals surface area contributed by atoms with E-state index in [0.29, 0.717) is 12.4 Å². The number of amides is 1. The van der Waals surface area contributed by atoms with Crippen molar-refractivity contribution in [3.8, 4) is 0 Å². The lowest BCUT2D eigenvalue weighted by Gasteiger charge is -2.26. The van der Waals surface area contributed by atoms with Crippen molar-refractivity contribution >= 4 is 40.8 Å². The molecule has 0 atom stereocenters. The number of unbranched alkanes of at least 4 members (excludes halogenated alkanes) is 3. The van der Waals surface area contributed by atoms with Crippen molar-refractivity contribution < 1.29 is 4.79 Å². The van der Waals surface area contributed by atoms with Gasteiger partial charge in [-0.05, 0) is 45.1 Å². The predicted octanol–water partition coefficient (Wildman–Crippen LogP) is 5.92. The molecule has 0 saturated heterocycles. The zero-order valence-corrected chi connectivity index (χ0v) is 23.3. The fourth-order valence-electron chi connectivity index (χ4n) is 4.00. The number of nitrogens with zero attached hydrogens (tertiary/aromatic N) is 5. The number of carbonyl (C=O) groups excluding carboxylic acids is 1. The molecule has 0 aliphatic heterocycles. The van der Waals surface area contributed by atoms with Crippen molar-refractivity contribution in [3.05, 3.63) is 30.3 Å². The number of hydrogen-bond donors (Lipinski definition) is 1. The van der Waals surface area contributed by atoms with Crippen LogP contribution in [0.1, 0.15) is 59.3 Å². The van der Waals surface area contributed by atoms with Gasteiger partial charge in [-0.15, -0.1) is 11.8 Å². The molecule has 35 heavy (non-hydrogen) atoms. The lowest BCUT2D eigenvalue weighted by atomic mass is 10.1. The number of benzene rings is 1. The van der Waals surface area contributed by atoms with Crippen LogP contribution in [0.15, 0.2) is 35.4 Å². The summed E-state index contributed by atoms with van der Waals surface area (Å²) in [6, 6.07) is 10.5. The molecule has 0 saturated carbocycles. The minimum absolute atomic E-state index is 0.00824. The van der Waals surface area contributed by atoms with E-state index >= 15 is 0 Å². The summed E-state index contributed by atoms with van der Waals surface area (Å²) in [5.41, 5.74) is 1.95. The second-order valence-electron chi connectivity index (χ2n) is 8.83. The zero-order chi connectivity index (χ0) is 25.6. The van der Waals surface area contributed by atoms with E-state index < -0.39 is 0 Å². The number of anilines is 4. The van der Waals surface area contributed by atoms with E-state index in [2.05, 4.69) is 65.1 Å². The number of rotatable bonds is 16. The maximum atomic E-state index is 13.0. The molecule has 2 rings (SSSR count). The zero-order valence-electron chi connectivity index (χ0n) is 22.5. The van der Waals surface area contributed by atoms with Crippen LogP contribution in [0.3, 0.4) is 0 Å². The second kappa shape index (κ2) is 15.5. The molecule has 2 aromatic rings. The van der Waals surface area contributed by atoms with Crippen molar-refractivity contribution in [3.63, 3.8) is 0 Å². The summed E-state index contributed by atoms with van der Waals surface area (Å²) in [6.07, 6.45) is 8.16. The van der Waals surface area contributed by atoms with E-state index in [0.717, 1.165) is 49.1 Å². The molecule has 194 valence electrons. The van der Waals surface area contributed by atoms with Crippen LogP contribution in [-0.4, -0.2) is 62.4 Å². The van der Waals surface area contributed by atoms with Crippen LogP contribution in [-0.2, 0) is 4.79 Å². The Labute approximate surface area is 216 Å². The van der Waals surface area contributed by atoms with Gasteiger partial charge in [-0.1, -0.05) is 44.4 Å². The minimum Gasteiger partial charge on any atom is -0.372 e. The van der Waals surface area contributed by atoms with Gasteiger partial charge in [-0.2, -0.15) is 4.98 Å². The molecule has 1 heterocycles. The monoisotopic (exact) mass is 500 g/mol. The van der Waals surface area contributed by atoms with Crippen molar-refractivity contribution in [2.75, 3.05) is 66.5 Å². The van der Waals surface area contributed by atoms with Gasteiger partial charge in [0.25, 0.3) is 0 Å². The summed E-state index contributed by atoms with van der Waals surface area (Å²) in [7, 11) is 3.87. The standard InChI is InChI=1S/C27H44N6OS/c1-7-10-11-15-20-33(22-17-13-12-14-18-22)21-16-19-23(34)28-24-25(32(8-2)9-3)29-27(31(4)5)30-26(24)35-6/h12-14,17-18H,7-11,15-16,19-21H2,1-6H3,(H,28,34). The highest BCUT2D eigenvalue weighted by Crippen LogP contribution is 2.34. The second-order valence-corrected chi connectivity index (χ2v) is 9.63. The fourth-order valence-corrected chi connectivity index (χ4v) is 4.52. The minimum atomic E-state index is 0.00824. The predicted molar refractivity (Wildman–Crippen MR) is 152 cm³/mol. The molecule has 1 aromatic carbocycles. The highest BCUT2D eigenvalue weighted by Gasteiger charge is 2.21. The topological polar surface area (TPSA) is 64.6 Å². The third-order valence-corrected chi connectivity index (χ3v) is 6.68. The third kappa shape index (κ3) is 8.91. The average Bonchev–Trinajstić information content (AvgIpc) is 2.87. The average molecular weight is 501 g/mol. The summed E-state index contributed by atoms with van der Waals surface area (Å²) >= 11 is 1.53. The summed E-state index contributed by atoms with van der Waals surface area (Å²) < 4.78 is 0. The van der Waals surface area contributed by atoms with E-state index in [-0.39, 0.29) is 5.91 Å². The van der Waals surface area contributed by atoms with Crippen LogP contribution in [0.2, 0.25) is 0 Å². The van der Waals surface area contributed by atoms with Crippen LogP contribution in [0, 0.1) is 0 Å². The number of carbonyl (C=O) groups is 1. The van der Waals surface area contributed by atoms with Crippen LogP contribution in [0.4, 0.5) is 23.1 Å². The van der Waals surface area contributed by atoms with Crippen molar-refractivity contribution in [1.82, 2.24) is 9.97 Å². The largest absolute Gasteiger partial charge is 0.372 e. The van der Waals surface area contributed by atoms with Gasteiger partial charge in [0.1, 0.15) is 10.7 Å². The van der Waals surface area contributed by atoms with E-state index in [1.54, 1.807) is 0 Å². The first-order valence-electron chi connectivity index (χ1n) is 12.9. The van der Waals surface area contributed by atoms with E-state index in [1.807, 2.05) is 31.3 Å². The first kappa shape index (κ1) is 28.8. The molecule has 0 radical (unpaired) electrons. The quantitative estimate of drug-likeness (QED) is 0.174. The normalized spacial score (nSPS) is 10.8. The van der Waals surface area contributed by atoms with Gasteiger partial charge >= 0.3 is 0 Å². The SMILES string of the molecule is CCCCCCN(CCCC(=O)Nc1c(SC)nc(N(C)C)nc1N(CC)CC)c1ccccc1. The van der Waals surface area contributed by atoms with Gasteiger partial charge in [-0.3, -0.25) is 4.79 Å². The van der Waals surface area contributed by atoms with Gasteiger partial charge in [-0.25, -0.2) is 4.98 Å². The van der Waals surface area contributed by atoms with Gasteiger partial charge in [0, 0.05) is 52.4 Å². The Kier molecular flexibility index (Phi) is 12.7. The first-order valence-corrected chi connectivity index (χ1v) is 14.2. The maximum Gasteiger partial charge on any atom is 0.227 e. The number of hydrogen-bond acceptors (Lipinski definition) is 7. The van der Waals surface area contributed by atoms with E-state index in [9.17, 15) is 4.79 Å². The summed E-state index contributed by atoms with van der Waals surface area (Å²) in [6.45, 7) is 9.93. The van der Waals surface area contributed by atoms with Gasteiger partial charge in [0.15, 0.2) is 5.82 Å². The molecular formula is C27H44N6OS. The molecule has 1 amide bonds. The molecular weight excluding hydrogens is 456 g/mol. The molecule has 0 aliphatic carbocycles. The van der Waals surface area contributed by atoms with E-state index in [1.165, 1.54) is 43.1 Å². The highest BCUT2D eigenvalue weighted by molar-refractivity contribution is 7.98. The molecule has 0 unspecified atom stereocenters. The molecule has 8 heteroatoms. The maximum absolute atomic E-state index is 13.0. The number of thioether (sulfide) groups is 1. The molecule has 1 aromatic heterocycles. The van der Waals surface area contributed by atoms with Crippen LogP contribution in [0.5, 0.6) is 0 Å². The lowest BCUT2D eigenvalue weighted by molar-refractivity contribution is -0.116. The van der Waals surface area contributed by atoms with Crippen molar-refractivity contribution in [2.24, 2.45) is 0 Å². The first-order chi connectivity index (χ1) is 16.9. The van der Waals surface area contributed by atoms with E-state index in [4.69, 9.17) is 4.98 Å². The Bertz CT molecular complexity index is 889. The Morgan fingerprint density at radius 1 is 0.914 bits per heavy atom.